The average Bonchev–Trinajstić information content (AvgIpc) is 2.33. The van der Waals surface area contributed by atoms with E-state index in [0.29, 0.717) is 10.0 Å². The predicted molar refractivity (Wildman–Crippen MR) is 65.6 cm³/mol. The molecule has 0 aliphatic heterocycles. The standard InChI is InChI=1S/C12H9Cl2NO/c13-11-2-1-9(4-12(11)14)10-3-8(7-16)5-15-6-10/h1-6,16H,7H2. The number of hydrogen-bond donors (Lipinski definition) is 1. The van der Waals surface area contributed by atoms with Crippen LogP contribution in [0.1, 0.15) is 5.56 Å². The molecule has 0 fully saturated rings. The van der Waals surface area contributed by atoms with E-state index in [4.69, 9.17) is 28.3 Å². The third-order valence-electron chi connectivity index (χ3n) is 2.23. The fourth-order valence-corrected chi connectivity index (χ4v) is 1.71. The molecule has 0 saturated heterocycles. The molecule has 0 bridgehead atoms. The fourth-order valence-electron chi connectivity index (χ4n) is 1.41. The molecule has 1 heterocycles. The van der Waals surface area contributed by atoms with E-state index in [-0.39, 0.29) is 6.61 Å². The van der Waals surface area contributed by atoms with Gasteiger partial charge in [0.25, 0.3) is 0 Å². The van der Waals surface area contributed by atoms with Crippen molar-refractivity contribution in [3.8, 4) is 11.1 Å². The second-order valence-electron chi connectivity index (χ2n) is 3.37. The van der Waals surface area contributed by atoms with Crippen molar-refractivity contribution in [2.45, 2.75) is 6.61 Å². The van der Waals surface area contributed by atoms with E-state index in [1.807, 2.05) is 12.1 Å². The summed E-state index contributed by atoms with van der Waals surface area (Å²) in [5.74, 6) is 0. The quantitative estimate of drug-likeness (QED) is 0.888. The smallest absolute Gasteiger partial charge is 0.0697 e. The Morgan fingerprint density at radius 1 is 1.00 bits per heavy atom. The normalized spacial score (nSPS) is 10.4. The van der Waals surface area contributed by atoms with Crippen molar-refractivity contribution in [1.82, 2.24) is 4.98 Å². The Balaban J connectivity index is 2.46. The van der Waals surface area contributed by atoms with Crippen LogP contribution in [0.4, 0.5) is 0 Å². The van der Waals surface area contributed by atoms with Crippen molar-refractivity contribution in [2.24, 2.45) is 0 Å². The van der Waals surface area contributed by atoms with Gasteiger partial charge < -0.3 is 5.11 Å². The Bertz CT molecular complexity index is 514. The van der Waals surface area contributed by atoms with Crippen LogP contribution in [0, 0.1) is 0 Å². The maximum Gasteiger partial charge on any atom is 0.0697 e. The van der Waals surface area contributed by atoms with Crippen molar-refractivity contribution in [3.05, 3.63) is 52.3 Å². The van der Waals surface area contributed by atoms with E-state index < -0.39 is 0 Å². The first-order valence-corrected chi connectivity index (χ1v) is 5.46. The highest BCUT2D eigenvalue weighted by Crippen LogP contribution is 2.28. The molecule has 82 valence electrons. The van der Waals surface area contributed by atoms with E-state index in [0.717, 1.165) is 16.7 Å². The fraction of sp³-hybridized carbons (Fsp3) is 0.0833. The van der Waals surface area contributed by atoms with Crippen LogP contribution in [0.5, 0.6) is 0 Å². The third kappa shape index (κ3) is 2.35. The topological polar surface area (TPSA) is 33.1 Å². The highest BCUT2D eigenvalue weighted by molar-refractivity contribution is 6.42. The van der Waals surface area contributed by atoms with Gasteiger partial charge in [0.2, 0.25) is 0 Å². The Morgan fingerprint density at radius 2 is 1.81 bits per heavy atom. The Morgan fingerprint density at radius 3 is 2.50 bits per heavy atom. The van der Waals surface area contributed by atoms with Crippen molar-refractivity contribution in [3.63, 3.8) is 0 Å². The third-order valence-corrected chi connectivity index (χ3v) is 2.97. The highest BCUT2D eigenvalue weighted by atomic mass is 35.5. The molecular weight excluding hydrogens is 245 g/mol. The van der Waals surface area contributed by atoms with E-state index in [1.165, 1.54) is 0 Å². The summed E-state index contributed by atoms with van der Waals surface area (Å²) in [6.07, 6.45) is 3.35. The van der Waals surface area contributed by atoms with Gasteiger partial charge in [-0.2, -0.15) is 0 Å². The molecular formula is C12H9Cl2NO. The maximum absolute atomic E-state index is 9.02. The number of rotatable bonds is 2. The molecule has 0 atom stereocenters. The molecule has 0 radical (unpaired) electrons. The number of hydrogen-bond acceptors (Lipinski definition) is 2. The van der Waals surface area contributed by atoms with Gasteiger partial charge >= 0.3 is 0 Å². The van der Waals surface area contributed by atoms with Crippen LogP contribution < -0.4 is 0 Å². The molecule has 16 heavy (non-hydrogen) atoms. The van der Waals surface area contributed by atoms with Crippen molar-refractivity contribution in [2.75, 3.05) is 0 Å². The van der Waals surface area contributed by atoms with E-state index in [1.54, 1.807) is 24.5 Å². The van der Waals surface area contributed by atoms with Gasteiger partial charge in [-0.3, -0.25) is 4.98 Å². The summed E-state index contributed by atoms with van der Waals surface area (Å²) in [6.45, 7) is -0.0256. The number of aliphatic hydroxyl groups excluding tert-OH is 1. The second-order valence-corrected chi connectivity index (χ2v) is 4.18. The van der Waals surface area contributed by atoms with Gasteiger partial charge in [-0.15, -0.1) is 0 Å². The summed E-state index contributed by atoms with van der Waals surface area (Å²) in [7, 11) is 0. The molecule has 4 heteroatoms. The summed E-state index contributed by atoms with van der Waals surface area (Å²) in [5.41, 5.74) is 2.60. The van der Waals surface area contributed by atoms with Crippen LogP contribution in [0.25, 0.3) is 11.1 Å². The molecule has 2 nitrogen and oxygen atoms in total. The SMILES string of the molecule is OCc1cncc(-c2ccc(Cl)c(Cl)c2)c1. The molecule has 2 rings (SSSR count). The van der Waals surface area contributed by atoms with Crippen molar-refractivity contribution in [1.29, 1.82) is 0 Å². The maximum atomic E-state index is 9.02. The lowest BCUT2D eigenvalue weighted by Crippen LogP contribution is -1.87. The number of pyridine rings is 1. The summed E-state index contributed by atoms with van der Waals surface area (Å²) < 4.78 is 0. The minimum atomic E-state index is -0.0256. The molecule has 0 amide bonds. The minimum Gasteiger partial charge on any atom is -0.392 e. The molecule has 1 N–H and O–H groups in total. The second kappa shape index (κ2) is 4.83. The first-order chi connectivity index (χ1) is 7.70. The number of benzene rings is 1. The number of halogens is 2. The number of aliphatic hydroxyl groups is 1. The zero-order chi connectivity index (χ0) is 11.5. The summed E-state index contributed by atoms with van der Waals surface area (Å²) >= 11 is 11.8. The van der Waals surface area contributed by atoms with Gasteiger partial charge in [0.15, 0.2) is 0 Å². The van der Waals surface area contributed by atoms with Crippen LogP contribution in [0.3, 0.4) is 0 Å². The first-order valence-electron chi connectivity index (χ1n) is 4.71. The monoisotopic (exact) mass is 253 g/mol. The van der Waals surface area contributed by atoms with E-state index >= 15 is 0 Å². The zero-order valence-electron chi connectivity index (χ0n) is 8.32. The van der Waals surface area contributed by atoms with Crippen molar-refractivity contribution >= 4 is 23.2 Å². The zero-order valence-corrected chi connectivity index (χ0v) is 9.83. The summed E-state index contributed by atoms with van der Waals surface area (Å²) in [6, 6.07) is 7.26. The van der Waals surface area contributed by atoms with Crippen LogP contribution in [-0.4, -0.2) is 10.1 Å². The summed E-state index contributed by atoms with van der Waals surface area (Å²) in [4.78, 5) is 4.05. The van der Waals surface area contributed by atoms with Crippen molar-refractivity contribution < 1.29 is 5.11 Å². The van der Waals surface area contributed by atoms with Gasteiger partial charge in [0.05, 0.1) is 16.7 Å². The van der Waals surface area contributed by atoms with Gasteiger partial charge in [-0.25, -0.2) is 0 Å². The van der Waals surface area contributed by atoms with Gasteiger partial charge in [0, 0.05) is 18.0 Å². The Kier molecular flexibility index (Phi) is 3.44. The Hall–Kier alpha value is -1.09. The lowest BCUT2D eigenvalue weighted by Gasteiger charge is -2.04. The lowest BCUT2D eigenvalue weighted by molar-refractivity contribution is 0.281. The van der Waals surface area contributed by atoms with Crippen LogP contribution >= 0.6 is 23.2 Å². The first kappa shape index (κ1) is 11.4. The largest absolute Gasteiger partial charge is 0.392 e. The van der Waals surface area contributed by atoms with E-state index in [2.05, 4.69) is 4.98 Å². The predicted octanol–water partition coefficient (Wildman–Crippen LogP) is 3.55. The van der Waals surface area contributed by atoms with Crippen LogP contribution in [0.2, 0.25) is 10.0 Å². The Labute approximate surface area is 103 Å². The van der Waals surface area contributed by atoms with Gasteiger partial charge in [-0.1, -0.05) is 29.3 Å². The van der Waals surface area contributed by atoms with Crippen LogP contribution in [-0.2, 0) is 6.61 Å². The molecule has 2 aromatic rings. The molecule has 0 saturated carbocycles. The molecule has 0 aliphatic carbocycles. The molecule has 1 aromatic heterocycles. The minimum absolute atomic E-state index is 0.0256. The summed E-state index contributed by atoms with van der Waals surface area (Å²) in [5, 5.41) is 10.1. The molecule has 0 unspecified atom stereocenters. The molecule has 0 spiro atoms. The highest BCUT2D eigenvalue weighted by Gasteiger charge is 2.03. The number of nitrogens with zero attached hydrogens (tertiary/aromatic N) is 1. The molecule has 1 aromatic carbocycles. The van der Waals surface area contributed by atoms with Gasteiger partial charge in [-0.05, 0) is 29.3 Å². The average molecular weight is 254 g/mol. The number of aromatic nitrogens is 1. The van der Waals surface area contributed by atoms with E-state index in [9.17, 15) is 0 Å². The lowest BCUT2D eigenvalue weighted by atomic mass is 10.1. The van der Waals surface area contributed by atoms with Crippen LogP contribution in [0.15, 0.2) is 36.7 Å². The molecule has 0 aliphatic rings. The van der Waals surface area contributed by atoms with Gasteiger partial charge in [0.1, 0.15) is 0 Å².